The monoisotopic (exact) mass is 240 g/mol. The van der Waals surface area contributed by atoms with Gasteiger partial charge in [0.25, 0.3) is 0 Å². The fourth-order valence-corrected chi connectivity index (χ4v) is 2.44. The van der Waals surface area contributed by atoms with E-state index in [2.05, 4.69) is 33.0 Å². The SMILES string of the molecule is CCCNC(CN1CC(C)CC1=O)C(C)CC. The van der Waals surface area contributed by atoms with Crippen molar-refractivity contribution >= 4 is 5.91 Å². The molecule has 0 aromatic rings. The zero-order valence-electron chi connectivity index (χ0n) is 11.8. The highest BCUT2D eigenvalue weighted by Crippen LogP contribution is 2.19. The molecule has 1 heterocycles. The highest BCUT2D eigenvalue weighted by molar-refractivity contribution is 5.78. The third-order valence-corrected chi connectivity index (χ3v) is 3.81. The molecule has 0 aromatic carbocycles. The second kappa shape index (κ2) is 7.00. The first-order chi connectivity index (χ1) is 8.08. The van der Waals surface area contributed by atoms with Crippen molar-refractivity contribution in [2.45, 2.75) is 53.0 Å². The lowest BCUT2D eigenvalue weighted by Crippen LogP contribution is -2.45. The molecule has 0 bridgehead atoms. The summed E-state index contributed by atoms with van der Waals surface area (Å²) in [6.45, 7) is 11.7. The van der Waals surface area contributed by atoms with E-state index in [0.29, 0.717) is 23.8 Å². The molecule has 3 nitrogen and oxygen atoms in total. The lowest BCUT2D eigenvalue weighted by molar-refractivity contribution is -0.128. The summed E-state index contributed by atoms with van der Waals surface area (Å²) < 4.78 is 0. The second-order valence-corrected chi connectivity index (χ2v) is 5.55. The first-order valence-electron chi connectivity index (χ1n) is 7.09. The van der Waals surface area contributed by atoms with Crippen LogP contribution in [0.1, 0.15) is 47.0 Å². The molecule has 0 radical (unpaired) electrons. The highest BCUT2D eigenvalue weighted by atomic mass is 16.2. The van der Waals surface area contributed by atoms with E-state index in [9.17, 15) is 4.79 Å². The molecule has 0 spiro atoms. The van der Waals surface area contributed by atoms with Gasteiger partial charge in [-0.2, -0.15) is 0 Å². The third-order valence-electron chi connectivity index (χ3n) is 3.81. The van der Waals surface area contributed by atoms with Gasteiger partial charge in [-0.25, -0.2) is 0 Å². The molecule has 1 aliphatic heterocycles. The van der Waals surface area contributed by atoms with Crippen molar-refractivity contribution < 1.29 is 4.79 Å². The van der Waals surface area contributed by atoms with Crippen molar-refractivity contribution in [1.82, 2.24) is 10.2 Å². The molecule has 100 valence electrons. The Morgan fingerprint density at radius 1 is 1.47 bits per heavy atom. The van der Waals surface area contributed by atoms with Crippen LogP contribution in [0.15, 0.2) is 0 Å². The second-order valence-electron chi connectivity index (χ2n) is 5.55. The maximum Gasteiger partial charge on any atom is 0.222 e. The number of nitrogens with zero attached hydrogens (tertiary/aromatic N) is 1. The lowest BCUT2D eigenvalue weighted by atomic mass is 9.98. The summed E-state index contributed by atoms with van der Waals surface area (Å²) in [7, 11) is 0. The van der Waals surface area contributed by atoms with E-state index in [0.717, 1.165) is 32.5 Å². The van der Waals surface area contributed by atoms with Crippen LogP contribution in [0.3, 0.4) is 0 Å². The Balaban J connectivity index is 2.50. The van der Waals surface area contributed by atoms with Gasteiger partial charge in [0.2, 0.25) is 5.91 Å². The summed E-state index contributed by atoms with van der Waals surface area (Å²) in [4.78, 5) is 13.8. The average Bonchev–Trinajstić information content (AvgIpc) is 2.62. The smallest absolute Gasteiger partial charge is 0.222 e. The predicted octanol–water partition coefficient (Wildman–Crippen LogP) is 2.27. The van der Waals surface area contributed by atoms with E-state index in [1.165, 1.54) is 6.42 Å². The summed E-state index contributed by atoms with van der Waals surface area (Å²) in [6, 6.07) is 0.453. The molecule has 3 atom stereocenters. The molecule has 0 saturated carbocycles. The van der Waals surface area contributed by atoms with Gasteiger partial charge in [-0.05, 0) is 24.8 Å². The largest absolute Gasteiger partial charge is 0.341 e. The maximum atomic E-state index is 11.8. The highest BCUT2D eigenvalue weighted by Gasteiger charge is 2.29. The maximum absolute atomic E-state index is 11.8. The normalized spacial score (nSPS) is 24.1. The van der Waals surface area contributed by atoms with Crippen LogP contribution in [0.2, 0.25) is 0 Å². The molecular formula is C14H28N2O. The van der Waals surface area contributed by atoms with Gasteiger partial charge in [-0.3, -0.25) is 4.79 Å². The standard InChI is InChI=1S/C14H28N2O/c1-5-7-15-13(12(4)6-2)10-16-9-11(3)8-14(16)17/h11-13,15H,5-10H2,1-4H3. The molecule has 1 rings (SSSR count). The Morgan fingerprint density at radius 3 is 2.65 bits per heavy atom. The van der Waals surface area contributed by atoms with Crippen molar-refractivity contribution in [2.24, 2.45) is 11.8 Å². The summed E-state index contributed by atoms with van der Waals surface area (Å²) in [5.41, 5.74) is 0. The molecule has 1 aliphatic rings. The van der Waals surface area contributed by atoms with E-state index >= 15 is 0 Å². The third kappa shape index (κ3) is 4.30. The summed E-state index contributed by atoms with van der Waals surface area (Å²) >= 11 is 0. The van der Waals surface area contributed by atoms with E-state index in [1.807, 2.05) is 4.90 Å². The number of amides is 1. The van der Waals surface area contributed by atoms with Crippen LogP contribution in [0.5, 0.6) is 0 Å². The van der Waals surface area contributed by atoms with Crippen LogP contribution in [0, 0.1) is 11.8 Å². The number of nitrogens with one attached hydrogen (secondary N) is 1. The van der Waals surface area contributed by atoms with E-state index < -0.39 is 0 Å². The van der Waals surface area contributed by atoms with Crippen LogP contribution in [0.4, 0.5) is 0 Å². The number of hydrogen-bond acceptors (Lipinski definition) is 2. The minimum Gasteiger partial charge on any atom is -0.341 e. The molecule has 17 heavy (non-hydrogen) atoms. The van der Waals surface area contributed by atoms with Crippen LogP contribution in [0.25, 0.3) is 0 Å². The molecular weight excluding hydrogens is 212 g/mol. The van der Waals surface area contributed by atoms with Gasteiger partial charge < -0.3 is 10.2 Å². The van der Waals surface area contributed by atoms with Crippen LogP contribution in [-0.4, -0.2) is 36.5 Å². The average molecular weight is 240 g/mol. The predicted molar refractivity (Wildman–Crippen MR) is 71.9 cm³/mol. The van der Waals surface area contributed by atoms with Gasteiger partial charge in [-0.15, -0.1) is 0 Å². The number of carbonyl (C=O) groups is 1. The molecule has 1 amide bonds. The van der Waals surface area contributed by atoms with Gasteiger partial charge in [0.05, 0.1) is 0 Å². The van der Waals surface area contributed by atoms with Crippen molar-refractivity contribution in [3.05, 3.63) is 0 Å². The van der Waals surface area contributed by atoms with Crippen LogP contribution in [-0.2, 0) is 4.79 Å². The lowest BCUT2D eigenvalue weighted by Gasteiger charge is -2.29. The number of hydrogen-bond donors (Lipinski definition) is 1. The molecule has 3 heteroatoms. The van der Waals surface area contributed by atoms with Gasteiger partial charge in [-0.1, -0.05) is 34.1 Å². The minimum absolute atomic E-state index is 0.337. The van der Waals surface area contributed by atoms with Crippen molar-refractivity contribution in [1.29, 1.82) is 0 Å². The summed E-state index contributed by atoms with van der Waals surface area (Å²) in [5, 5.41) is 3.59. The van der Waals surface area contributed by atoms with Gasteiger partial charge in [0.15, 0.2) is 0 Å². The Kier molecular flexibility index (Phi) is 5.96. The van der Waals surface area contributed by atoms with E-state index in [-0.39, 0.29) is 0 Å². The van der Waals surface area contributed by atoms with Crippen molar-refractivity contribution in [2.75, 3.05) is 19.6 Å². The van der Waals surface area contributed by atoms with Gasteiger partial charge >= 0.3 is 0 Å². The Labute approximate surface area is 106 Å². The number of rotatable bonds is 7. The van der Waals surface area contributed by atoms with Gasteiger partial charge in [0, 0.05) is 25.6 Å². The zero-order chi connectivity index (χ0) is 12.8. The summed E-state index contributed by atoms with van der Waals surface area (Å²) in [6.07, 6.45) is 3.05. The molecule has 0 aromatic heterocycles. The van der Waals surface area contributed by atoms with E-state index in [4.69, 9.17) is 0 Å². The number of likely N-dealkylation sites (tertiary alicyclic amines) is 1. The van der Waals surface area contributed by atoms with E-state index in [1.54, 1.807) is 0 Å². The fourth-order valence-electron chi connectivity index (χ4n) is 2.44. The van der Waals surface area contributed by atoms with Crippen LogP contribution < -0.4 is 5.32 Å². The first-order valence-corrected chi connectivity index (χ1v) is 7.09. The molecule has 1 fully saturated rings. The minimum atomic E-state index is 0.337. The van der Waals surface area contributed by atoms with Crippen molar-refractivity contribution in [3.8, 4) is 0 Å². The zero-order valence-corrected chi connectivity index (χ0v) is 11.8. The van der Waals surface area contributed by atoms with Crippen LogP contribution >= 0.6 is 0 Å². The Hall–Kier alpha value is -0.570. The molecule has 1 N–H and O–H groups in total. The topological polar surface area (TPSA) is 32.3 Å². The molecule has 3 unspecified atom stereocenters. The molecule has 0 aliphatic carbocycles. The van der Waals surface area contributed by atoms with Gasteiger partial charge in [0.1, 0.15) is 0 Å². The Bertz CT molecular complexity index is 242. The Morgan fingerprint density at radius 2 is 2.18 bits per heavy atom. The first kappa shape index (κ1) is 14.5. The van der Waals surface area contributed by atoms with Crippen molar-refractivity contribution in [3.63, 3.8) is 0 Å². The molecule has 1 saturated heterocycles. The quantitative estimate of drug-likeness (QED) is 0.740. The fraction of sp³-hybridized carbons (Fsp3) is 0.929. The number of carbonyl (C=O) groups excluding carboxylic acids is 1. The summed E-state index contributed by atoms with van der Waals surface area (Å²) in [5.74, 6) is 1.50.